The summed E-state index contributed by atoms with van der Waals surface area (Å²) in [6.45, 7) is 3.40. The van der Waals surface area contributed by atoms with Crippen molar-refractivity contribution in [2.45, 2.75) is 13.8 Å². The number of hydrogen-bond donors (Lipinski definition) is 2. The third-order valence-corrected chi connectivity index (χ3v) is 5.29. The number of hydrogen-bond acceptors (Lipinski definition) is 13. The molecule has 2 N–H and O–H groups in total. The summed E-state index contributed by atoms with van der Waals surface area (Å²) in [5.41, 5.74) is 5.77. The number of carbonyl (C=O) groups is 2. The number of anilines is 2. The van der Waals surface area contributed by atoms with Crippen LogP contribution in [0.4, 0.5) is 11.9 Å². The molecule has 3 aromatic rings. The fraction of sp³-hybridized carbons (Fsp3) is 0.261. The largest absolute Gasteiger partial charge is 0.465 e. The van der Waals surface area contributed by atoms with Crippen molar-refractivity contribution in [1.82, 2.24) is 24.1 Å². The van der Waals surface area contributed by atoms with Crippen LogP contribution in [0.15, 0.2) is 50.4 Å². The van der Waals surface area contributed by atoms with Gasteiger partial charge in [0.05, 0.1) is 49.4 Å². The topological polar surface area (TPSA) is 184 Å². The van der Waals surface area contributed by atoms with Crippen LogP contribution in [0.3, 0.4) is 0 Å². The summed E-state index contributed by atoms with van der Waals surface area (Å²) in [5, 5.41) is 8.46. The molecule has 0 saturated carbocycles. The number of nitrogens with one attached hydrogen (secondary N) is 2. The van der Waals surface area contributed by atoms with Gasteiger partial charge in [0.15, 0.2) is 0 Å². The molecule has 0 aliphatic heterocycles. The van der Waals surface area contributed by atoms with Crippen molar-refractivity contribution >= 4 is 35.3 Å². The summed E-state index contributed by atoms with van der Waals surface area (Å²) in [4.78, 5) is 60.6. The molecule has 0 aliphatic carbocycles. The van der Waals surface area contributed by atoms with Crippen molar-refractivity contribution in [2.24, 2.45) is 24.3 Å². The molecule has 0 atom stereocenters. The summed E-state index contributed by atoms with van der Waals surface area (Å²) >= 11 is 0. The Morgan fingerprint density at radius 3 is 1.55 bits per heavy atom. The lowest BCUT2D eigenvalue weighted by Gasteiger charge is -2.09. The zero-order valence-corrected chi connectivity index (χ0v) is 21.5. The summed E-state index contributed by atoms with van der Waals surface area (Å²) < 4.78 is 11.4. The minimum atomic E-state index is -0.784. The third kappa shape index (κ3) is 5.77. The standard InChI is InChI=1S/C23H25N9O6/c1-12(27-29-22-24-10-14(20(35)37-5)18(33)31(22)3)16-8-7-9-17(26-16)13(2)28-30-23-25-11-15(21(36)38-6)19(34)32(23)4/h7-11H,1-6H3,(H,24,29)(H,25,30)/b27-12+,28-13+. The van der Waals surface area contributed by atoms with Crippen LogP contribution in [0, 0.1) is 0 Å². The van der Waals surface area contributed by atoms with Crippen molar-refractivity contribution in [3.8, 4) is 0 Å². The van der Waals surface area contributed by atoms with Crippen molar-refractivity contribution in [1.29, 1.82) is 0 Å². The molecule has 0 saturated heterocycles. The Labute approximate surface area is 215 Å². The maximum absolute atomic E-state index is 12.3. The molecule has 0 fully saturated rings. The van der Waals surface area contributed by atoms with E-state index in [9.17, 15) is 19.2 Å². The second kappa shape index (κ2) is 11.7. The Morgan fingerprint density at radius 2 is 1.18 bits per heavy atom. The van der Waals surface area contributed by atoms with E-state index in [1.54, 1.807) is 32.0 Å². The highest BCUT2D eigenvalue weighted by Gasteiger charge is 2.16. The van der Waals surface area contributed by atoms with Crippen LogP contribution in [0.1, 0.15) is 46.0 Å². The van der Waals surface area contributed by atoms with Gasteiger partial charge in [-0.1, -0.05) is 6.07 Å². The van der Waals surface area contributed by atoms with E-state index >= 15 is 0 Å². The van der Waals surface area contributed by atoms with Gasteiger partial charge in [0, 0.05) is 14.1 Å². The van der Waals surface area contributed by atoms with Crippen LogP contribution < -0.4 is 22.0 Å². The van der Waals surface area contributed by atoms with Gasteiger partial charge < -0.3 is 9.47 Å². The second-order valence-corrected chi connectivity index (χ2v) is 7.73. The average Bonchev–Trinajstić information content (AvgIpc) is 2.93. The van der Waals surface area contributed by atoms with E-state index < -0.39 is 23.1 Å². The van der Waals surface area contributed by atoms with Crippen molar-refractivity contribution in [3.63, 3.8) is 0 Å². The number of rotatable bonds is 8. The van der Waals surface area contributed by atoms with Crippen LogP contribution in [-0.2, 0) is 23.6 Å². The number of carbonyl (C=O) groups excluding carboxylic acids is 2. The first-order chi connectivity index (χ1) is 18.1. The van der Waals surface area contributed by atoms with Crippen LogP contribution in [0.5, 0.6) is 0 Å². The first kappa shape index (κ1) is 27.4. The van der Waals surface area contributed by atoms with Crippen LogP contribution >= 0.6 is 0 Å². The van der Waals surface area contributed by atoms with E-state index in [-0.39, 0.29) is 23.0 Å². The number of nitrogens with zero attached hydrogens (tertiary/aromatic N) is 7. The zero-order valence-electron chi connectivity index (χ0n) is 21.5. The lowest BCUT2D eigenvalue weighted by molar-refractivity contribution is 0.0588. The molecule has 0 unspecified atom stereocenters. The van der Waals surface area contributed by atoms with Crippen molar-refractivity contribution in [3.05, 3.63) is 73.8 Å². The molecule has 15 nitrogen and oxygen atoms in total. The molecule has 3 heterocycles. The molecule has 0 spiro atoms. The first-order valence-corrected chi connectivity index (χ1v) is 11.0. The van der Waals surface area contributed by atoms with Crippen LogP contribution in [-0.4, -0.2) is 61.7 Å². The van der Waals surface area contributed by atoms with Crippen molar-refractivity contribution in [2.75, 3.05) is 25.1 Å². The molecule has 0 bridgehead atoms. The van der Waals surface area contributed by atoms with Gasteiger partial charge in [-0.05, 0) is 26.0 Å². The third-order valence-electron chi connectivity index (χ3n) is 5.29. The number of ether oxygens (including phenoxy) is 2. The van der Waals surface area contributed by atoms with Gasteiger partial charge in [-0.25, -0.2) is 35.4 Å². The molecular formula is C23H25N9O6. The SMILES string of the molecule is COC(=O)c1cnc(N/N=C(\C)c2cccc(/C(C)=N/Nc3ncc(C(=O)OC)c(=O)n3C)n2)n(C)c1=O. The van der Waals surface area contributed by atoms with E-state index in [4.69, 9.17) is 0 Å². The normalized spacial score (nSPS) is 11.6. The Morgan fingerprint density at radius 1 is 0.789 bits per heavy atom. The summed E-state index contributed by atoms with van der Waals surface area (Å²) in [5.74, 6) is -1.35. The first-order valence-electron chi connectivity index (χ1n) is 11.0. The number of methoxy groups -OCH3 is 2. The van der Waals surface area contributed by atoms with Gasteiger partial charge in [-0.15, -0.1) is 0 Å². The predicted molar refractivity (Wildman–Crippen MR) is 138 cm³/mol. The van der Waals surface area contributed by atoms with Gasteiger partial charge >= 0.3 is 11.9 Å². The van der Waals surface area contributed by atoms with Gasteiger partial charge in [-0.2, -0.15) is 10.2 Å². The smallest absolute Gasteiger partial charge is 0.345 e. The highest BCUT2D eigenvalue weighted by molar-refractivity contribution is 6.01. The Bertz CT molecular complexity index is 1460. The quantitative estimate of drug-likeness (QED) is 0.238. The van der Waals surface area contributed by atoms with Gasteiger partial charge in [-0.3, -0.25) is 18.7 Å². The van der Waals surface area contributed by atoms with Gasteiger partial charge in [0.2, 0.25) is 11.9 Å². The van der Waals surface area contributed by atoms with E-state index in [1.165, 1.54) is 28.3 Å². The average molecular weight is 524 g/mol. The molecular weight excluding hydrogens is 498 g/mol. The molecule has 15 heteroatoms. The highest BCUT2D eigenvalue weighted by atomic mass is 16.5. The van der Waals surface area contributed by atoms with Gasteiger partial charge in [0.1, 0.15) is 11.1 Å². The number of aromatic nitrogens is 5. The predicted octanol–water partition coefficient (Wildman–Crippen LogP) is 0.514. The van der Waals surface area contributed by atoms with Crippen LogP contribution in [0.25, 0.3) is 0 Å². The van der Waals surface area contributed by atoms with E-state index in [2.05, 4.69) is 45.5 Å². The summed E-state index contributed by atoms with van der Waals surface area (Å²) in [7, 11) is 5.23. The maximum atomic E-state index is 12.3. The monoisotopic (exact) mass is 523 g/mol. The molecule has 38 heavy (non-hydrogen) atoms. The number of esters is 2. The fourth-order valence-electron chi connectivity index (χ4n) is 3.02. The zero-order chi connectivity index (χ0) is 28.0. The summed E-state index contributed by atoms with van der Waals surface area (Å²) in [6.07, 6.45) is 2.22. The van der Waals surface area contributed by atoms with Crippen LogP contribution in [0.2, 0.25) is 0 Å². The minimum Gasteiger partial charge on any atom is -0.465 e. The van der Waals surface area contributed by atoms with E-state index in [0.717, 1.165) is 21.5 Å². The van der Waals surface area contributed by atoms with E-state index in [1.807, 2.05) is 0 Å². The molecule has 198 valence electrons. The molecule has 3 aromatic heterocycles. The molecule has 0 aromatic carbocycles. The second-order valence-electron chi connectivity index (χ2n) is 7.73. The lowest BCUT2D eigenvalue weighted by atomic mass is 10.2. The van der Waals surface area contributed by atoms with E-state index in [0.29, 0.717) is 22.8 Å². The molecule has 0 radical (unpaired) electrons. The highest BCUT2D eigenvalue weighted by Crippen LogP contribution is 2.07. The number of pyridine rings is 1. The fourth-order valence-corrected chi connectivity index (χ4v) is 3.02. The number of hydrazone groups is 2. The van der Waals surface area contributed by atoms with Crippen molar-refractivity contribution < 1.29 is 19.1 Å². The Kier molecular flexibility index (Phi) is 8.42. The maximum Gasteiger partial charge on any atom is 0.345 e. The molecule has 0 aliphatic rings. The molecule has 0 amide bonds. The lowest BCUT2D eigenvalue weighted by Crippen LogP contribution is -2.27. The Hall–Kier alpha value is -5.21. The van der Waals surface area contributed by atoms with Gasteiger partial charge in [0.25, 0.3) is 11.1 Å². The Balaban J connectivity index is 1.79. The summed E-state index contributed by atoms with van der Waals surface area (Å²) in [6, 6.07) is 5.22. The minimum absolute atomic E-state index is 0.108. The molecule has 3 rings (SSSR count).